The summed E-state index contributed by atoms with van der Waals surface area (Å²) in [5.41, 5.74) is 5.60. The van der Waals surface area contributed by atoms with Gasteiger partial charge >= 0.3 is 5.97 Å². The first kappa shape index (κ1) is 10.8. The summed E-state index contributed by atoms with van der Waals surface area (Å²) in [6, 6.07) is -0.479. The Balaban J connectivity index is 2.13. The standard InChI is InChI=1S/C8H15NO3S/c1-13-3-2-7(9)8(10)12-6-4-11-5-6/h6-7H,2-5,9H2,1H3/t7-/m0/s1. The van der Waals surface area contributed by atoms with Crippen LogP contribution >= 0.6 is 11.8 Å². The molecule has 13 heavy (non-hydrogen) atoms. The summed E-state index contributed by atoms with van der Waals surface area (Å²) in [4.78, 5) is 11.2. The molecule has 1 rings (SSSR count). The molecule has 1 aliphatic rings. The van der Waals surface area contributed by atoms with Gasteiger partial charge in [0, 0.05) is 0 Å². The van der Waals surface area contributed by atoms with Gasteiger partial charge in [-0.3, -0.25) is 4.79 Å². The predicted octanol–water partition coefficient (Wildman–Crippen LogP) is 0.00880. The molecule has 1 atom stereocenters. The molecule has 1 heterocycles. The molecule has 0 amide bonds. The minimum atomic E-state index is -0.479. The van der Waals surface area contributed by atoms with Crippen LogP contribution < -0.4 is 5.73 Å². The Kier molecular flexibility index (Phi) is 4.55. The molecule has 5 heteroatoms. The van der Waals surface area contributed by atoms with E-state index in [4.69, 9.17) is 15.2 Å². The highest BCUT2D eigenvalue weighted by atomic mass is 32.2. The first-order valence-corrected chi connectivity index (χ1v) is 5.66. The third-order valence-electron chi connectivity index (χ3n) is 1.83. The summed E-state index contributed by atoms with van der Waals surface area (Å²) in [7, 11) is 0. The normalized spacial score (nSPS) is 19.2. The number of ether oxygens (including phenoxy) is 2. The van der Waals surface area contributed by atoms with Gasteiger partial charge in [-0.25, -0.2) is 0 Å². The highest BCUT2D eigenvalue weighted by Crippen LogP contribution is 2.08. The number of thioether (sulfide) groups is 1. The van der Waals surface area contributed by atoms with Gasteiger partial charge in [-0.05, 0) is 18.4 Å². The van der Waals surface area contributed by atoms with Crippen molar-refractivity contribution in [1.29, 1.82) is 0 Å². The third kappa shape index (κ3) is 3.54. The van der Waals surface area contributed by atoms with E-state index in [0.29, 0.717) is 19.6 Å². The second kappa shape index (κ2) is 5.47. The van der Waals surface area contributed by atoms with Crippen molar-refractivity contribution >= 4 is 17.7 Å². The predicted molar refractivity (Wildman–Crippen MR) is 51.7 cm³/mol. The van der Waals surface area contributed by atoms with Crippen LogP contribution in [0.15, 0.2) is 0 Å². The van der Waals surface area contributed by atoms with Crippen molar-refractivity contribution in [3.05, 3.63) is 0 Å². The Morgan fingerprint density at radius 2 is 2.46 bits per heavy atom. The molecule has 1 fully saturated rings. The Labute approximate surface area is 82.1 Å². The van der Waals surface area contributed by atoms with Crippen molar-refractivity contribution in [1.82, 2.24) is 0 Å². The van der Waals surface area contributed by atoms with E-state index in [2.05, 4.69) is 0 Å². The number of esters is 1. The van der Waals surface area contributed by atoms with Crippen LogP contribution in [0.1, 0.15) is 6.42 Å². The van der Waals surface area contributed by atoms with Crippen molar-refractivity contribution in [3.63, 3.8) is 0 Å². The SMILES string of the molecule is CSCC[C@H](N)C(=O)OC1COC1. The fourth-order valence-corrected chi connectivity index (χ4v) is 1.39. The molecule has 0 aromatic heterocycles. The number of hydrogen-bond acceptors (Lipinski definition) is 5. The zero-order valence-corrected chi connectivity index (χ0v) is 8.51. The average Bonchev–Trinajstić information content (AvgIpc) is 2.06. The van der Waals surface area contributed by atoms with Gasteiger partial charge in [-0.15, -0.1) is 0 Å². The van der Waals surface area contributed by atoms with Crippen LogP contribution in [0.2, 0.25) is 0 Å². The van der Waals surface area contributed by atoms with Crippen LogP contribution in [-0.2, 0) is 14.3 Å². The Hall–Kier alpha value is -0.260. The fourth-order valence-electron chi connectivity index (χ4n) is 0.896. The second-order valence-corrected chi connectivity index (χ2v) is 3.97. The largest absolute Gasteiger partial charge is 0.456 e. The van der Waals surface area contributed by atoms with E-state index in [1.807, 2.05) is 6.26 Å². The van der Waals surface area contributed by atoms with Crippen LogP contribution in [0, 0.1) is 0 Å². The molecule has 0 unspecified atom stereocenters. The van der Waals surface area contributed by atoms with Crippen LogP contribution in [0.25, 0.3) is 0 Å². The van der Waals surface area contributed by atoms with Gasteiger partial charge < -0.3 is 15.2 Å². The van der Waals surface area contributed by atoms with Crippen molar-refractivity contribution in [2.24, 2.45) is 5.73 Å². The fraction of sp³-hybridized carbons (Fsp3) is 0.875. The molecule has 0 bridgehead atoms. The maximum atomic E-state index is 11.2. The number of nitrogens with two attached hydrogens (primary N) is 1. The van der Waals surface area contributed by atoms with Crippen molar-refractivity contribution in [3.8, 4) is 0 Å². The van der Waals surface area contributed by atoms with E-state index in [9.17, 15) is 4.79 Å². The Bertz CT molecular complexity index is 173. The number of hydrogen-bond donors (Lipinski definition) is 1. The number of rotatable bonds is 5. The van der Waals surface area contributed by atoms with E-state index in [-0.39, 0.29) is 12.1 Å². The summed E-state index contributed by atoms with van der Waals surface area (Å²) in [6.45, 7) is 1.03. The molecule has 0 radical (unpaired) electrons. The lowest BCUT2D eigenvalue weighted by Gasteiger charge is -2.26. The quantitative estimate of drug-likeness (QED) is 0.641. The van der Waals surface area contributed by atoms with Crippen molar-refractivity contribution in [2.45, 2.75) is 18.6 Å². The van der Waals surface area contributed by atoms with Crippen LogP contribution in [0.4, 0.5) is 0 Å². The summed E-state index contributed by atoms with van der Waals surface area (Å²) in [5, 5.41) is 0. The lowest BCUT2D eigenvalue weighted by atomic mass is 10.2. The molecule has 1 aliphatic heterocycles. The first-order chi connectivity index (χ1) is 6.24. The van der Waals surface area contributed by atoms with Gasteiger partial charge in [0.05, 0.1) is 13.2 Å². The molecular weight excluding hydrogens is 190 g/mol. The molecule has 0 saturated carbocycles. The zero-order valence-electron chi connectivity index (χ0n) is 7.69. The van der Waals surface area contributed by atoms with E-state index in [1.54, 1.807) is 11.8 Å². The highest BCUT2D eigenvalue weighted by molar-refractivity contribution is 7.98. The summed E-state index contributed by atoms with van der Waals surface area (Å²) < 4.78 is 9.92. The molecule has 4 nitrogen and oxygen atoms in total. The van der Waals surface area contributed by atoms with Crippen LogP contribution in [-0.4, -0.2) is 43.3 Å². The van der Waals surface area contributed by atoms with Gasteiger partial charge in [0.15, 0.2) is 0 Å². The van der Waals surface area contributed by atoms with E-state index in [1.165, 1.54) is 0 Å². The van der Waals surface area contributed by atoms with Gasteiger partial charge in [-0.1, -0.05) is 0 Å². The molecule has 1 saturated heterocycles. The van der Waals surface area contributed by atoms with E-state index in [0.717, 1.165) is 5.75 Å². The first-order valence-electron chi connectivity index (χ1n) is 4.26. The average molecular weight is 205 g/mol. The lowest BCUT2D eigenvalue weighted by molar-refractivity contribution is -0.173. The lowest BCUT2D eigenvalue weighted by Crippen LogP contribution is -2.43. The van der Waals surface area contributed by atoms with E-state index < -0.39 is 6.04 Å². The van der Waals surface area contributed by atoms with Crippen molar-refractivity contribution < 1.29 is 14.3 Å². The molecule has 2 N–H and O–H groups in total. The number of carbonyl (C=O) groups is 1. The Morgan fingerprint density at radius 1 is 1.77 bits per heavy atom. The minimum Gasteiger partial charge on any atom is -0.456 e. The summed E-state index contributed by atoms with van der Waals surface area (Å²) >= 11 is 1.67. The molecular formula is C8H15NO3S. The van der Waals surface area contributed by atoms with Gasteiger partial charge in [-0.2, -0.15) is 11.8 Å². The number of carbonyl (C=O) groups excluding carboxylic acids is 1. The molecule has 0 spiro atoms. The van der Waals surface area contributed by atoms with Crippen LogP contribution in [0.3, 0.4) is 0 Å². The third-order valence-corrected chi connectivity index (χ3v) is 2.47. The van der Waals surface area contributed by atoms with Gasteiger partial charge in [0.25, 0.3) is 0 Å². The minimum absolute atomic E-state index is 0.0622. The molecule has 0 aromatic carbocycles. The summed E-state index contributed by atoms with van der Waals surface area (Å²) in [6.07, 6.45) is 2.60. The van der Waals surface area contributed by atoms with Gasteiger partial charge in [0.1, 0.15) is 12.1 Å². The molecule has 0 aromatic rings. The maximum Gasteiger partial charge on any atom is 0.323 e. The van der Waals surface area contributed by atoms with Crippen molar-refractivity contribution in [2.75, 3.05) is 25.2 Å². The van der Waals surface area contributed by atoms with Crippen LogP contribution in [0.5, 0.6) is 0 Å². The van der Waals surface area contributed by atoms with E-state index >= 15 is 0 Å². The second-order valence-electron chi connectivity index (χ2n) is 2.98. The topological polar surface area (TPSA) is 61.6 Å². The zero-order chi connectivity index (χ0) is 9.68. The Morgan fingerprint density at radius 3 is 2.92 bits per heavy atom. The highest BCUT2D eigenvalue weighted by Gasteiger charge is 2.25. The smallest absolute Gasteiger partial charge is 0.323 e. The maximum absolute atomic E-state index is 11.2. The summed E-state index contributed by atoms with van der Waals surface area (Å²) in [5.74, 6) is 0.583. The molecule has 76 valence electrons. The van der Waals surface area contributed by atoms with Gasteiger partial charge in [0.2, 0.25) is 0 Å². The molecule has 0 aliphatic carbocycles. The monoisotopic (exact) mass is 205 g/mol.